The van der Waals surface area contributed by atoms with Gasteiger partial charge >= 0.3 is 0 Å². The summed E-state index contributed by atoms with van der Waals surface area (Å²) in [6, 6.07) is 8.25. The topological polar surface area (TPSA) is 21.3 Å². The molecule has 0 saturated carbocycles. The molecule has 0 aromatic heterocycles. The zero-order valence-electron chi connectivity index (χ0n) is 9.74. The van der Waals surface area contributed by atoms with Crippen molar-refractivity contribution in [2.75, 3.05) is 31.2 Å². The van der Waals surface area contributed by atoms with Crippen LogP contribution in [0, 0.1) is 12.8 Å². The first kappa shape index (κ1) is 11.8. The number of hydrogen-bond acceptors (Lipinski definition) is 3. The quantitative estimate of drug-likeness (QED) is 0.767. The van der Waals surface area contributed by atoms with Gasteiger partial charge in [0, 0.05) is 5.75 Å². The molecule has 1 N–H and O–H groups in total. The van der Waals surface area contributed by atoms with Crippen molar-refractivity contribution in [1.82, 2.24) is 5.32 Å². The molecule has 0 aliphatic carbocycles. The lowest BCUT2D eigenvalue weighted by Gasteiger charge is -2.26. The second kappa shape index (κ2) is 6.16. The third-order valence-corrected chi connectivity index (χ3v) is 3.90. The van der Waals surface area contributed by atoms with E-state index in [0.717, 1.165) is 24.0 Å². The van der Waals surface area contributed by atoms with E-state index >= 15 is 0 Å². The van der Waals surface area contributed by atoms with E-state index in [-0.39, 0.29) is 0 Å². The highest BCUT2D eigenvalue weighted by molar-refractivity contribution is 7.99. The number of nitrogens with one attached hydrogen (secondary N) is 1. The fourth-order valence-corrected chi connectivity index (χ4v) is 2.51. The van der Waals surface area contributed by atoms with Gasteiger partial charge in [-0.1, -0.05) is 17.7 Å². The largest absolute Gasteiger partial charge is 0.493 e. The highest BCUT2D eigenvalue weighted by Gasteiger charge is 2.15. The Bertz CT molecular complexity index is 308. The van der Waals surface area contributed by atoms with Crippen LogP contribution in [-0.2, 0) is 0 Å². The predicted octanol–water partition coefficient (Wildman–Crippen LogP) is 2.33. The van der Waals surface area contributed by atoms with E-state index in [1.165, 1.54) is 24.4 Å². The van der Waals surface area contributed by atoms with Crippen LogP contribution in [0.5, 0.6) is 5.75 Å². The van der Waals surface area contributed by atoms with Crippen LogP contribution in [-0.4, -0.2) is 31.2 Å². The van der Waals surface area contributed by atoms with E-state index in [1.54, 1.807) is 0 Å². The fraction of sp³-hybridized carbons (Fsp3) is 0.538. The zero-order chi connectivity index (χ0) is 11.2. The van der Waals surface area contributed by atoms with Gasteiger partial charge < -0.3 is 10.1 Å². The van der Waals surface area contributed by atoms with Gasteiger partial charge in [-0.15, -0.1) is 0 Å². The smallest absolute Gasteiger partial charge is 0.119 e. The summed E-state index contributed by atoms with van der Waals surface area (Å²) >= 11 is 1.99. The first-order chi connectivity index (χ1) is 7.84. The highest BCUT2D eigenvalue weighted by atomic mass is 32.2. The second-order valence-electron chi connectivity index (χ2n) is 4.26. The Morgan fingerprint density at radius 2 is 2.06 bits per heavy atom. The minimum atomic E-state index is 0.813. The standard InChI is InChI=1S/C13H19NOS/c1-11-2-4-13(5-3-11)15-6-7-16-10-12-8-14-9-12/h2-5,12,14H,6-10H2,1H3. The maximum absolute atomic E-state index is 5.66. The molecule has 1 fully saturated rings. The van der Waals surface area contributed by atoms with E-state index in [0.29, 0.717) is 0 Å². The normalized spacial score (nSPS) is 15.8. The van der Waals surface area contributed by atoms with Crippen LogP contribution in [0.2, 0.25) is 0 Å². The molecule has 88 valence electrons. The molecule has 0 unspecified atom stereocenters. The lowest BCUT2D eigenvalue weighted by Crippen LogP contribution is -2.43. The van der Waals surface area contributed by atoms with E-state index in [2.05, 4.69) is 24.4 Å². The summed E-state index contributed by atoms with van der Waals surface area (Å²) < 4.78 is 5.66. The van der Waals surface area contributed by atoms with Crippen molar-refractivity contribution in [3.63, 3.8) is 0 Å². The van der Waals surface area contributed by atoms with E-state index < -0.39 is 0 Å². The van der Waals surface area contributed by atoms with Gasteiger partial charge in [-0.05, 0) is 43.8 Å². The van der Waals surface area contributed by atoms with Crippen molar-refractivity contribution in [2.24, 2.45) is 5.92 Å². The summed E-state index contributed by atoms with van der Waals surface area (Å²) in [5, 5.41) is 3.29. The Morgan fingerprint density at radius 1 is 1.31 bits per heavy atom. The lowest BCUT2D eigenvalue weighted by molar-refractivity contribution is 0.343. The van der Waals surface area contributed by atoms with Crippen LogP contribution in [0.4, 0.5) is 0 Å². The summed E-state index contributed by atoms with van der Waals surface area (Å²) in [6.45, 7) is 5.30. The van der Waals surface area contributed by atoms with Crippen molar-refractivity contribution >= 4 is 11.8 Å². The highest BCUT2D eigenvalue weighted by Crippen LogP contribution is 2.14. The number of rotatable bonds is 6. The molecule has 1 saturated heterocycles. The Morgan fingerprint density at radius 3 is 2.69 bits per heavy atom. The maximum Gasteiger partial charge on any atom is 0.119 e. The molecule has 0 radical (unpaired) electrons. The number of aryl methyl sites for hydroxylation is 1. The summed E-state index contributed by atoms with van der Waals surface area (Å²) in [4.78, 5) is 0. The Hall–Kier alpha value is -0.670. The van der Waals surface area contributed by atoms with Crippen LogP contribution in [0.25, 0.3) is 0 Å². The molecule has 3 heteroatoms. The molecule has 1 heterocycles. The van der Waals surface area contributed by atoms with Gasteiger partial charge in [0.05, 0.1) is 6.61 Å². The van der Waals surface area contributed by atoms with Crippen LogP contribution in [0.1, 0.15) is 5.56 Å². The third kappa shape index (κ3) is 3.72. The Labute approximate surface area is 102 Å². The van der Waals surface area contributed by atoms with Gasteiger partial charge in [0.25, 0.3) is 0 Å². The van der Waals surface area contributed by atoms with E-state index in [9.17, 15) is 0 Å². The van der Waals surface area contributed by atoms with Gasteiger partial charge in [-0.3, -0.25) is 0 Å². The zero-order valence-corrected chi connectivity index (χ0v) is 10.6. The second-order valence-corrected chi connectivity index (χ2v) is 5.41. The third-order valence-electron chi connectivity index (χ3n) is 2.74. The fourth-order valence-electron chi connectivity index (χ4n) is 1.57. The Kier molecular flexibility index (Phi) is 4.55. The van der Waals surface area contributed by atoms with Gasteiger partial charge in [-0.25, -0.2) is 0 Å². The van der Waals surface area contributed by atoms with Crippen LogP contribution in [0.3, 0.4) is 0 Å². The van der Waals surface area contributed by atoms with Crippen molar-refractivity contribution in [1.29, 1.82) is 0 Å². The minimum absolute atomic E-state index is 0.813. The van der Waals surface area contributed by atoms with Gasteiger partial charge in [0.15, 0.2) is 0 Å². The van der Waals surface area contributed by atoms with E-state index in [1.807, 2.05) is 23.9 Å². The average Bonchev–Trinajstić information content (AvgIpc) is 2.23. The molecule has 0 bridgehead atoms. The Balaban J connectivity index is 1.55. The molecule has 1 aliphatic heterocycles. The summed E-state index contributed by atoms with van der Waals surface area (Å²) in [7, 11) is 0. The molecule has 2 rings (SSSR count). The number of benzene rings is 1. The molecule has 0 atom stereocenters. The molecule has 1 aromatic rings. The van der Waals surface area contributed by atoms with Crippen molar-refractivity contribution < 1.29 is 4.74 Å². The van der Waals surface area contributed by atoms with Crippen molar-refractivity contribution in [3.8, 4) is 5.75 Å². The van der Waals surface area contributed by atoms with Crippen molar-refractivity contribution in [2.45, 2.75) is 6.92 Å². The average molecular weight is 237 g/mol. The SMILES string of the molecule is Cc1ccc(OCCSCC2CNC2)cc1. The number of hydrogen-bond donors (Lipinski definition) is 1. The lowest BCUT2D eigenvalue weighted by atomic mass is 10.1. The first-order valence-corrected chi connectivity index (χ1v) is 6.98. The van der Waals surface area contributed by atoms with Gasteiger partial charge in [0.2, 0.25) is 0 Å². The number of ether oxygens (including phenoxy) is 1. The summed E-state index contributed by atoms with van der Waals surface area (Å²) in [5.41, 5.74) is 1.28. The molecule has 1 aromatic carbocycles. The first-order valence-electron chi connectivity index (χ1n) is 5.82. The predicted molar refractivity (Wildman–Crippen MR) is 70.4 cm³/mol. The molecule has 0 amide bonds. The minimum Gasteiger partial charge on any atom is -0.493 e. The molecule has 16 heavy (non-hydrogen) atoms. The monoisotopic (exact) mass is 237 g/mol. The molecular formula is C13H19NOS. The molecule has 2 nitrogen and oxygen atoms in total. The number of thioether (sulfide) groups is 1. The summed E-state index contributed by atoms with van der Waals surface area (Å²) in [6.07, 6.45) is 0. The van der Waals surface area contributed by atoms with Crippen LogP contribution in [0.15, 0.2) is 24.3 Å². The van der Waals surface area contributed by atoms with Crippen molar-refractivity contribution in [3.05, 3.63) is 29.8 Å². The molecule has 0 spiro atoms. The maximum atomic E-state index is 5.66. The van der Waals surface area contributed by atoms with E-state index in [4.69, 9.17) is 4.74 Å². The molecule has 1 aliphatic rings. The van der Waals surface area contributed by atoms with Gasteiger partial charge in [-0.2, -0.15) is 11.8 Å². The van der Waals surface area contributed by atoms with Crippen LogP contribution < -0.4 is 10.1 Å². The van der Waals surface area contributed by atoms with Crippen LogP contribution >= 0.6 is 11.8 Å². The summed E-state index contributed by atoms with van der Waals surface area (Å²) in [5.74, 6) is 4.23. The molecular weight excluding hydrogens is 218 g/mol. The van der Waals surface area contributed by atoms with Gasteiger partial charge in [0.1, 0.15) is 5.75 Å².